The molecule has 0 fully saturated rings. The molecule has 0 spiro atoms. The molecule has 0 N–H and O–H groups in total. The first-order chi connectivity index (χ1) is 12.6. The van der Waals surface area contributed by atoms with Crippen LogP contribution in [0.2, 0.25) is 0 Å². The highest BCUT2D eigenvalue weighted by atomic mass is 79.9. The van der Waals surface area contributed by atoms with Crippen LogP contribution in [0.1, 0.15) is 16.7 Å². The minimum atomic E-state index is -6.78. The smallest absolute Gasteiger partial charge is 0.221 e. The van der Waals surface area contributed by atoms with E-state index in [2.05, 4.69) is 15.9 Å². The van der Waals surface area contributed by atoms with Gasteiger partial charge in [-0.1, -0.05) is 51.8 Å². The number of aryl methyl sites for hydroxylation is 2. The molecule has 10 heteroatoms. The van der Waals surface area contributed by atoms with Crippen LogP contribution in [0.4, 0.5) is 39.5 Å². The van der Waals surface area contributed by atoms with Crippen molar-refractivity contribution in [2.75, 3.05) is 0 Å². The fourth-order valence-corrected chi connectivity index (χ4v) is 3.44. The fraction of sp³-hybridized carbons (Fsp3) is 0.333. The van der Waals surface area contributed by atoms with Gasteiger partial charge >= 0.3 is 23.9 Å². The molecule has 0 aliphatic carbocycles. The van der Waals surface area contributed by atoms with Crippen molar-refractivity contribution in [3.05, 3.63) is 57.6 Å². The van der Waals surface area contributed by atoms with Crippen molar-refractivity contribution in [1.29, 1.82) is 0 Å². The highest BCUT2D eigenvalue weighted by Crippen LogP contribution is 2.60. The number of benzene rings is 2. The number of rotatable bonds is 3. The predicted octanol–water partition coefficient (Wildman–Crippen LogP) is 7.66. The second-order valence-corrected chi connectivity index (χ2v) is 7.07. The van der Waals surface area contributed by atoms with Crippen molar-refractivity contribution in [3.63, 3.8) is 0 Å². The maximum Gasteiger partial charge on any atom is 0.457 e. The van der Waals surface area contributed by atoms with Crippen LogP contribution in [0.25, 0.3) is 11.1 Å². The van der Waals surface area contributed by atoms with Gasteiger partial charge in [0.15, 0.2) is 0 Å². The number of hydrogen-bond donors (Lipinski definition) is 0. The first-order valence-electron chi connectivity index (χ1n) is 7.62. The van der Waals surface area contributed by atoms with Crippen LogP contribution in [0.15, 0.2) is 40.9 Å². The molecule has 0 bridgehead atoms. The second kappa shape index (κ2) is 6.96. The Kier molecular flexibility index (Phi) is 5.62. The summed E-state index contributed by atoms with van der Waals surface area (Å²) in [6.07, 6.45) is -13.3. The first-order valence-corrected chi connectivity index (χ1v) is 8.41. The van der Waals surface area contributed by atoms with E-state index in [9.17, 15) is 35.1 Å². The third-order valence-electron chi connectivity index (χ3n) is 4.17. The molecule has 2 rings (SSSR count). The van der Waals surface area contributed by atoms with Crippen LogP contribution >= 0.6 is 15.9 Å². The number of halogens is 10. The Morgan fingerprint density at radius 1 is 0.750 bits per heavy atom. The number of alkyl halides is 9. The zero-order valence-corrected chi connectivity index (χ0v) is 15.8. The molecule has 0 saturated carbocycles. The zero-order valence-electron chi connectivity index (χ0n) is 14.2. The molecule has 0 amide bonds. The van der Waals surface area contributed by atoms with Crippen LogP contribution in [-0.4, -0.2) is 18.3 Å². The van der Waals surface area contributed by atoms with Crippen molar-refractivity contribution in [1.82, 2.24) is 0 Å². The van der Waals surface area contributed by atoms with Gasteiger partial charge in [0.25, 0.3) is 0 Å². The van der Waals surface area contributed by atoms with Gasteiger partial charge in [-0.3, -0.25) is 0 Å². The van der Waals surface area contributed by atoms with Crippen LogP contribution in [0.5, 0.6) is 0 Å². The summed E-state index contributed by atoms with van der Waals surface area (Å²) in [5.41, 5.74) is -8.84. The topological polar surface area (TPSA) is 0 Å². The van der Waals surface area contributed by atoms with E-state index in [1.54, 1.807) is 0 Å². The lowest BCUT2D eigenvalue weighted by molar-refractivity contribution is -0.389. The Bertz CT molecular complexity index is 884. The molecule has 0 aliphatic rings. The van der Waals surface area contributed by atoms with E-state index >= 15 is 4.39 Å². The molecule has 0 heterocycles. The summed E-state index contributed by atoms with van der Waals surface area (Å²) >= 11 is 3.01. The van der Waals surface area contributed by atoms with Gasteiger partial charge in [-0.25, -0.2) is 4.39 Å². The van der Waals surface area contributed by atoms with Gasteiger partial charge in [0.2, 0.25) is 0 Å². The van der Waals surface area contributed by atoms with Crippen molar-refractivity contribution >= 4 is 15.9 Å². The van der Waals surface area contributed by atoms with Crippen LogP contribution in [-0.2, 0) is 5.67 Å². The summed E-state index contributed by atoms with van der Waals surface area (Å²) in [4.78, 5) is 0. The Hall–Kier alpha value is -1.71. The Labute approximate surface area is 162 Å². The summed E-state index contributed by atoms with van der Waals surface area (Å²) in [5, 5.41) is 0. The van der Waals surface area contributed by atoms with Crippen LogP contribution in [0, 0.1) is 13.8 Å². The summed E-state index contributed by atoms with van der Waals surface area (Å²) in [7, 11) is 0. The second-order valence-electron chi connectivity index (χ2n) is 6.21. The summed E-state index contributed by atoms with van der Waals surface area (Å²) in [6, 6.07) is 6.95. The highest BCUT2D eigenvalue weighted by Gasteiger charge is 2.82. The van der Waals surface area contributed by atoms with Gasteiger partial charge in [0.05, 0.1) is 0 Å². The van der Waals surface area contributed by atoms with Crippen molar-refractivity contribution in [3.8, 4) is 11.1 Å². The molecule has 0 aliphatic heterocycles. The monoisotopic (exact) mass is 478 g/mol. The van der Waals surface area contributed by atoms with Crippen LogP contribution < -0.4 is 0 Å². The average Bonchev–Trinajstić information content (AvgIpc) is 2.52. The average molecular weight is 479 g/mol. The SMILES string of the molecule is Cc1cc(C)c(-c2ccccc2Br)c(C(F)(C(F)(F)F)C(F)(F)C(F)(F)F)c1. The van der Waals surface area contributed by atoms with Gasteiger partial charge in [-0.05, 0) is 36.6 Å². The van der Waals surface area contributed by atoms with E-state index < -0.39 is 35.1 Å². The van der Waals surface area contributed by atoms with Gasteiger partial charge in [0.1, 0.15) is 0 Å². The molecule has 0 nitrogen and oxygen atoms in total. The molecular formula is C18H12BrF9. The lowest BCUT2D eigenvalue weighted by Gasteiger charge is -2.37. The minimum Gasteiger partial charge on any atom is -0.221 e. The maximum absolute atomic E-state index is 15.1. The van der Waals surface area contributed by atoms with E-state index in [0.29, 0.717) is 6.07 Å². The normalized spacial score (nSPS) is 15.4. The molecule has 1 atom stereocenters. The van der Waals surface area contributed by atoms with Crippen LogP contribution in [0.3, 0.4) is 0 Å². The Balaban J connectivity index is 3.04. The van der Waals surface area contributed by atoms with Crippen molar-refractivity contribution < 1.29 is 39.5 Å². The molecule has 0 saturated heterocycles. The first kappa shape index (κ1) is 22.6. The summed E-state index contributed by atoms with van der Waals surface area (Å²) in [5.74, 6) is -6.73. The Morgan fingerprint density at radius 2 is 1.29 bits per heavy atom. The van der Waals surface area contributed by atoms with E-state index in [1.807, 2.05) is 0 Å². The standard InChI is InChI=1S/C18H12BrF9/c1-9-7-10(2)14(11-5-3-4-6-13(11)19)12(8-9)15(20,17(23,24)25)16(21,22)18(26,27)28/h3-8H,1-2H3. The van der Waals surface area contributed by atoms with Crippen molar-refractivity contribution in [2.45, 2.75) is 37.8 Å². The van der Waals surface area contributed by atoms with Gasteiger partial charge in [-0.2, -0.15) is 35.1 Å². The van der Waals surface area contributed by atoms with E-state index in [0.717, 1.165) is 0 Å². The molecule has 2 aromatic carbocycles. The van der Waals surface area contributed by atoms with Crippen molar-refractivity contribution in [2.24, 2.45) is 0 Å². The van der Waals surface area contributed by atoms with Gasteiger partial charge in [0, 0.05) is 10.0 Å². The molecule has 1 unspecified atom stereocenters. The fourth-order valence-electron chi connectivity index (χ4n) is 2.96. The molecule has 0 aromatic heterocycles. The molecule has 28 heavy (non-hydrogen) atoms. The quantitative estimate of drug-likeness (QED) is 0.397. The molecule has 0 radical (unpaired) electrons. The summed E-state index contributed by atoms with van der Waals surface area (Å²) < 4.78 is 122. The number of hydrogen-bond acceptors (Lipinski definition) is 0. The van der Waals surface area contributed by atoms with E-state index in [1.165, 1.54) is 44.2 Å². The maximum atomic E-state index is 15.1. The minimum absolute atomic E-state index is 0.0915. The van der Waals surface area contributed by atoms with Gasteiger partial charge in [-0.15, -0.1) is 0 Å². The van der Waals surface area contributed by atoms with Gasteiger partial charge < -0.3 is 0 Å². The third-order valence-corrected chi connectivity index (χ3v) is 4.86. The molecular weight excluding hydrogens is 467 g/mol. The van der Waals surface area contributed by atoms with E-state index in [-0.39, 0.29) is 21.2 Å². The van der Waals surface area contributed by atoms with E-state index in [4.69, 9.17) is 0 Å². The highest BCUT2D eigenvalue weighted by molar-refractivity contribution is 9.10. The molecule has 2 aromatic rings. The third kappa shape index (κ3) is 3.40. The lowest BCUT2D eigenvalue weighted by atomic mass is 9.80. The zero-order chi connectivity index (χ0) is 21.7. The lowest BCUT2D eigenvalue weighted by Crippen LogP contribution is -2.60. The largest absolute Gasteiger partial charge is 0.457 e. The Morgan fingerprint density at radius 3 is 1.75 bits per heavy atom. The molecule has 154 valence electrons. The summed E-state index contributed by atoms with van der Waals surface area (Å²) in [6.45, 7) is 2.37. The predicted molar refractivity (Wildman–Crippen MR) is 88.9 cm³/mol.